The van der Waals surface area contributed by atoms with E-state index in [0.29, 0.717) is 11.9 Å². The minimum atomic E-state index is 0.0636. The van der Waals surface area contributed by atoms with Crippen LogP contribution in [-0.2, 0) is 4.79 Å². The number of carbonyl (C=O) groups is 1. The van der Waals surface area contributed by atoms with Crippen LogP contribution in [0.1, 0.15) is 39.5 Å². The molecule has 1 amide bonds. The van der Waals surface area contributed by atoms with E-state index >= 15 is 0 Å². The van der Waals surface area contributed by atoms with Gasteiger partial charge in [0.15, 0.2) is 0 Å². The van der Waals surface area contributed by atoms with Crippen LogP contribution in [0.3, 0.4) is 0 Å². The molecular formula is C16H29N3O. The van der Waals surface area contributed by atoms with Gasteiger partial charge in [0.2, 0.25) is 5.91 Å². The molecule has 3 rings (SSSR count). The van der Waals surface area contributed by atoms with Gasteiger partial charge in [0, 0.05) is 25.7 Å². The lowest BCUT2D eigenvalue weighted by Gasteiger charge is -2.33. The Bertz CT molecular complexity index is 352. The third kappa shape index (κ3) is 2.60. The summed E-state index contributed by atoms with van der Waals surface area (Å²) in [6.45, 7) is 9.74. The summed E-state index contributed by atoms with van der Waals surface area (Å²) < 4.78 is 0. The normalized spacial score (nSPS) is 36.7. The third-order valence-electron chi connectivity index (χ3n) is 5.75. The second-order valence-corrected chi connectivity index (χ2v) is 6.94. The number of hydrogen-bond donors (Lipinski definition) is 1. The van der Waals surface area contributed by atoms with Gasteiger partial charge in [-0.25, -0.2) is 0 Å². The topological polar surface area (TPSA) is 35.6 Å². The maximum absolute atomic E-state index is 12.8. The van der Waals surface area contributed by atoms with E-state index in [2.05, 4.69) is 29.0 Å². The summed E-state index contributed by atoms with van der Waals surface area (Å²) in [7, 11) is 0. The van der Waals surface area contributed by atoms with Crippen molar-refractivity contribution in [1.82, 2.24) is 15.1 Å². The number of carbonyl (C=O) groups excluding carboxylic acids is 1. The molecule has 0 saturated carbocycles. The van der Waals surface area contributed by atoms with Crippen LogP contribution in [0.5, 0.6) is 0 Å². The van der Waals surface area contributed by atoms with E-state index in [0.717, 1.165) is 44.6 Å². The average Bonchev–Trinajstić information content (AvgIpc) is 2.90. The van der Waals surface area contributed by atoms with E-state index < -0.39 is 0 Å². The van der Waals surface area contributed by atoms with Crippen molar-refractivity contribution in [2.45, 2.75) is 51.6 Å². The Balaban J connectivity index is 1.63. The number of likely N-dealkylation sites (tertiary alicyclic amines) is 2. The van der Waals surface area contributed by atoms with Crippen LogP contribution in [-0.4, -0.2) is 60.5 Å². The maximum atomic E-state index is 12.8. The van der Waals surface area contributed by atoms with Crippen LogP contribution in [0, 0.1) is 11.8 Å². The predicted octanol–water partition coefficient (Wildman–Crippen LogP) is 1.32. The van der Waals surface area contributed by atoms with Crippen LogP contribution in [0.4, 0.5) is 0 Å². The van der Waals surface area contributed by atoms with E-state index in [9.17, 15) is 4.79 Å². The highest BCUT2D eigenvalue weighted by molar-refractivity contribution is 5.81. The van der Waals surface area contributed by atoms with Gasteiger partial charge in [0.05, 0.1) is 6.04 Å². The number of fused-ring (bicyclic) bond motifs is 1. The third-order valence-corrected chi connectivity index (χ3v) is 5.75. The molecule has 0 spiro atoms. The quantitative estimate of drug-likeness (QED) is 0.828. The first-order valence-electron chi connectivity index (χ1n) is 8.43. The van der Waals surface area contributed by atoms with Crippen molar-refractivity contribution in [1.29, 1.82) is 0 Å². The maximum Gasteiger partial charge on any atom is 0.239 e. The fourth-order valence-electron chi connectivity index (χ4n) is 4.41. The summed E-state index contributed by atoms with van der Waals surface area (Å²) in [4.78, 5) is 17.4. The van der Waals surface area contributed by atoms with Gasteiger partial charge in [-0.1, -0.05) is 12.8 Å². The zero-order valence-electron chi connectivity index (χ0n) is 13.0. The monoisotopic (exact) mass is 279 g/mol. The molecule has 3 fully saturated rings. The molecule has 4 heteroatoms. The lowest BCUT2D eigenvalue weighted by molar-refractivity contribution is -0.136. The molecule has 0 aromatic carbocycles. The van der Waals surface area contributed by atoms with Gasteiger partial charge in [0.25, 0.3) is 0 Å². The largest absolute Gasteiger partial charge is 0.341 e. The van der Waals surface area contributed by atoms with Gasteiger partial charge >= 0.3 is 0 Å². The van der Waals surface area contributed by atoms with E-state index in [-0.39, 0.29) is 6.04 Å². The zero-order valence-corrected chi connectivity index (χ0v) is 13.0. The van der Waals surface area contributed by atoms with Crippen molar-refractivity contribution in [3.63, 3.8) is 0 Å². The smallest absolute Gasteiger partial charge is 0.239 e. The molecule has 114 valence electrons. The Morgan fingerprint density at radius 1 is 1.15 bits per heavy atom. The molecule has 1 N–H and O–H groups in total. The van der Waals surface area contributed by atoms with Crippen LogP contribution < -0.4 is 5.32 Å². The summed E-state index contributed by atoms with van der Waals surface area (Å²) in [5.41, 5.74) is 0. The van der Waals surface area contributed by atoms with Crippen LogP contribution >= 0.6 is 0 Å². The van der Waals surface area contributed by atoms with Crippen molar-refractivity contribution in [3.05, 3.63) is 0 Å². The molecule has 3 saturated heterocycles. The molecule has 0 aromatic heterocycles. The second-order valence-electron chi connectivity index (χ2n) is 6.94. The highest BCUT2D eigenvalue weighted by Crippen LogP contribution is 2.34. The molecule has 0 bridgehead atoms. The van der Waals surface area contributed by atoms with Crippen LogP contribution in [0.15, 0.2) is 0 Å². The molecule has 3 aliphatic heterocycles. The molecule has 0 aliphatic carbocycles. The lowest BCUT2D eigenvalue weighted by atomic mass is 9.95. The Morgan fingerprint density at radius 2 is 1.85 bits per heavy atom. The summed E-state index contributed by atoms with van der Waals surface area (Å²) >= 11 is 0. The van der Waals surface area contributed by atoms with Crippen molar-refractivity contribution >= 4 is 5.91 Å². The summed E-state index contributed by atoms with van der Waals surface area (Å²) in [6, 6.07) is 0.606. The van der Waals surface area contributed by atoms with Gasteiger partial charge in [-0.2, -0.15) is 0 Å². The highest BCUT2D eigenvalue weighted by Gasteiger charge is 2.45. The standard InChI is InChI=1S/C16H29N3O/c1-12-15-10-17-9-14(15)11-19(12)13(2)16(20)18-7-5-3-4-6-8-18/h12-15,17H,3-11H2,1-2H3. The van der Waals surface area contributed by atoms with E-state index in [1.165, 1.54) is 25.7 Å². The molecule has 4 nitrogen and oxygen atoms in total. The molecule has 4 atom stereocenters. The van der Waals surface area contributed by atoms with E-state index in [4.69, 9.17) is 0 Å². The first kappa shape index (κ1) is 14.3. The van der Waals surface area contributed by atoms with E-state index in [1.807, 2.05) is 0 Å². The Hall–Kier alpha value is -0.610. The molecule has 0 radical (unpaired) electrons. The second kappa shape index (κ2) is 6.02. The van der Waals surface area contributed by atoms with Crippen molar-refractivity contribution in [2.75, 3.05) is 32.7 Å². The molecule has 4 unspecified atom stereocenters. The van der Waals surface area contributed by atoms with Gasteiger partial charge in [-0.15, -0.1) is 0 Å². The Kier molecular flexibility index (Phi) is 4.32. The lowest BCUT2D eigenvalue weighted by Crippen LogP contribution is -2.49. The van der Waals surface area contributed by atoms with Crippen LogP contribution in [0.25, 0.3) is 0 Å². The first-order chi connectivity index (χ1) is 9.68. The predicted molar refractivity (Wildman–Crippen MR) is 80.5 cm³/mol. The Morgan fingerprint density at radius 3 is 2.50 bits per heavy atom. The van der Waals surface area contributed by atoms with E-state index in [1.54, 1.807) is 0 Å². The number of hydrogen-bond acceptors (Lipinski definition) is 3. The molecule has 3 aliphatic rings. The minimum absolute atomic E-state index is 0.0636. The number of amides is 1. The molecule has 3 heterocycles. The highest BCUT2D eigenvalue weighted by atomic mass is 16.2. The fourth-order valence-corrected chi connectivity index (χ4v) is 4.41. The first-order valence-corrected chi connectivity index (χ1v) is 8.43. The zero-order chi connectivity index (χ0) is 14.1. The number of nitrogens with zero attached hydrogens (tertiary/aromatic N) is 2. The van der Waals surface area contributed by atoms with Gasteiger partial charge in [0.1, 0.15) is 0 Å². The molecule has 0 aromatic rings. The fraction of sp³-hybridized carbons (Fsp3) is 0.938. The van der Waals surface area contributed by atoms with Crippen molar-refractivity contribution in [2.24, 2.45) is 11.8 Å². The summed E-state index contributed by atoms with van der Waals surface area (Å²) in [5.74, 6) is 1.87. The van der Waals surface area contributed by atoms with Gasteiger partial charge < -0.3 is 10.2 Å². The summed E-state index contributed by atoms with van der Waals surface area (Å²) in [6.07, 6.45) is 4.94. The van der Waals surface area contributed by atoms with Crippen molar-refractivity contribution in [3.8, 4) is 0 Å². The van der Waals surface area contributed by atoms with Crippen molar-refractivity contribution < 1.29 is 4.79 Å². The minimum Gasteiger partial charge on any atom is -0.341 e. The Labute approximate surface area is 122 Å². The number of nitrogens with one attached hydrogen (secondary N) is 1. The molecular weight excluding hydrogens is 250 g/mol. The van der Waals surface area contributed by atoms with Crippen LogP contribution in [0.2, 0.25) is 0 Å². The summed E-state index contributed by atoms with van der Waals surface area (Å²) in [5, 5.41) is 3.49. The van der Waals surface area contributed by atoms with Gasteiger partial charge in [-0.3, -0.25) is 9.69 Å². The van der Waals surface area contributed by atoms with Gasteiger partial charge in [-0.05, 0) is 51.6 Å². The molecule has 20 heavy (non-hydrogen) atoms. The number of rotatable bonds is 2. The average molecular weight is 279 g/mol. The SMILES string of the molecule is CC(C(=O)N1CCCCCC1)N1CC2CNCC2C1C.